The molecule has 0 fully saturated rings. The summed E-state index contributed by atoms with van der Waals surface area (Å²) in [7, 11) is 0. The molecule has 2 nitrogen and oxygen atoms in total. The van der Waals surface area contributed by atoms with Gasteiger partial charge in [-0.05, 0) is 13.5 Å². The molecule has 0 bridgehead atoms. The molecule has 1 N–H and O–H groups in total. The SMILES string of the molecule is CCNCc1sc(-c2ccc(C)cc2)nc1C(F)(F)F. The number of thiazole rings is 1. The van der Waals surface area contributed by atoms with Crippen molar-refractivity contribution in [2.45, 2.75) is 26.6 Å². The van der Waals surface area contributed by atoms with E-state index in [0.717, 1.165) is 16.9 Å². The van der Waals surface area contributed by atoms with E-state index in [4.69, 9.17) is 0 Å². The lowest BCUT2D eigenvalue weighted by molar-refractivity contribution is -0.141. The lowest BCUT2D eigenvalue weighted by Gasteiger charge is -2.05. The number of alkyl halides is 3. The summed E-state index contributed by atoms with van der Waals surface area (Å²) in [6.07, 6.45) is -4.41. The maximum atomic E-state index is 13.0. The van der Waals surface area contributed by atoms with Crippen molar-refractivity contribution < 1.29 is 13.2 Å². The zero-order valence-corrected chi connectivity index (χ0v) is 12.0. The minimum Gasteiger partial charge on any atom is -0.312 e. The Labute approximate surface area is 119 Å². The van der Waals surface area contributed by atoms with Crippen LogP contribution in [0.25, 0.3) is 10.6 Å². The van der Waals surface area contributed by atoms with Gasteiger partial charge in [-0.2, -0.15) is 13.2 Å². The van der Waals surface area contributed by atoms with Crippen molar-refractivity contribution in [1.29, 1.82) is 0 Å². The van der Waals surface area contributed by atoms with Crippen molar-refractivity contribution in [1.82, 2.24) is 10.3 Å². The highest BCUT2D eigenvalue weighted by Crippen LogP contribution is 2.37. The highest BCUT2D eigenvalue weighted by molar-refractivity contribution is 7.15. The van der Waals surface area contributed by atoms with Gasteiger partial charge in [0, 0.05) is 12.1 Å². The van der Waals surface area contributed by atoms with Gasteiger partial charge in [-0.1, -0.05) is 36.8 Å². The summed E-state index contributed by atoms with van der Waals surface area (Å²) in [4.78, 5) is 4.02. The molecule has 0 saturated carbocycles. The second-order valence-electron chi connectivity index (χ2n) is 4.43. The summed E-state index contributed by atoms with van der Waals surface area (Å²) < 4.78 is 39.0. The maximum absolute atomic E-state index is 13.0. The Morgan fingerprint density at radius 3 is 2.40 bits per heavy atom. The molecule has 0 aliphatic rings. The average molecular weight is 300 g/mol. The fourth-order valence-electron chi connectivity index (χ4n) is 1.75. The van der Waals surface area contributed by atoms with Crippen LogP contribution in [0.3, 0.4) is 0 Å². The van der Waals surface area contributed by atoms with Gasteiger partial charge < -0.3 is 5.32 Å². The van der Waals surface area contributed by atoms with Crippen molar-refractivity contribution in [3.8, 4) is 10.6 Å². The van der Waals surface area contributed by atoms with Gasteiger partial charge in [0.2, 0.25) is 0 Å². The van der Waals surface area contributed by atoms with Crippen molar-refractivity contribution in [3.63, 3.8) is 0 Å². The van der Waals surface area contributed by atoms with Crippen LogP contribution >= 0.6 is 11.3 Å². The number of nitrogens with one attached hydrogen (secondary N) is 1. The second kappa shape index (κ2) is 5.93. The quantitative estimate of drug-likeness (QED) is 0.913. The van der Waals surface area contributed by atoms with Gasteiger partial charge in [0.25, 0.3) is 0 Å². The molecule has 2 rings (SSSR count). The number of benzene rings is 1. The van der Waals surface area contributed by atoms with Crippen LogP contribution in [0, 0.1) is 6.92 Å². The van der Waals surface area contributed by atoms with Gasteiger partial charge in [0.05, 0.1) is 4.88 Å². The average Bonchev–Trinajstić information content (AvgIpc) is 2.81. The molecule has 6 heteroatoms. The van der Waals surface area contributed by atoms with E-state index in [1.807, 2.05) is 26.0 Å². The first-order valence-corrected chi connectivity index (χ1v) is 7.08. The number of nitrogens with zero attached hydrogens (tertiary/aromatic N) is 1. The third-order valence-electron chi connectivity index (χ3n) is 2.80. The summed E-state index contributed by atoms with van der Waals surface area (Å²) in [6, 6.07) is 7.33. The molecule has 0 amide bonds. The van der Waals surface area contributed by atoms with Gasteiger partial charge in [0.15, 0.2) is 5.69 Å². The number of aryl methyl sites for hydroxylation is 1. The molecule has 108 valence electrons. The summed E-state index contributed by atoms with van der Waals surface area (Å²) in [5.74, 6) is 0. The molecule has 0 unspecified atom stereocenters. The van der Waals surface area contributed by atoms with Gasteiger partial charge >= 0.3 is 6.18 Å². The minimum absolute atomic E-state index is 0.189. The summed E-state index contributed by atoms with van der Waals surface area (Å²) in [6.45, 7) is 4.60. The molecule has 0 aliphatic heterocycles. The summed E-state index contributed by atoms with van der Waals surface area (Å²) in [5, 5.41) is 3.33. The standard InChI is InChI=1S/C14H15F3N2S/c1-3-18-8-11-12(14(15,16)17)19-13(20-11)10-6-4-9(2)5-7-10/h4-7,18H,3,8H2,1-2H3. The Morgan fingerprint density at radius 2 is 1.85 bits per heavy atom. The first-order valence-electron chi connectivity index (χ1n) is 6.26. The Kier molecular flexibility index (Phi) is 4.45. The Morgan fingerprint density at radius 1 is 1.20 bits per heavy atom. The van der Waals surface area contributed by atoms with Gasteiger partial charge in [-0.3, -0.25) is 0 Å². The largest absolute Gasteiger partial charge is 0.434 e. The molecule has 1 aromatic heterocycles. The number of hydrogen-bond donors (Lipinski definition) is 1. The maximum Gasteiger partial charge on any atom is 0.434 e. The predicted octanol–water partition coefficient (Wildman–Crippen LogP) is 4.25. The summed E-state index contributed by atoms with van der Waals surface area (Å²) >= 11 is 1.09. The van der Waals surface area contributed by atoms with Crippen LogP contribution in [0.4, 0.5) is 13.2 Å². The van der Waals surface area contributed by atoms with E-state index < -0.39 is 11.9 Å². The Bertz CT molecular complexity index is 573. The van der Waals surface area contributed by atoms with E-state index in [2.05, 4.69) is 10.3 Å². The molecule has 0 spiro atoms. The number of hydrogen-bond acceptors (Lipinski definition) is 3. The van der Waals surface area contributed by atoms with E-state index in [1.54, 1.807) is 12.1 Å². The topological polar surface area (TPSA) is 24.9 Å². The highest BCUT2D eigenvalue weighted by atomic mass is 32.1. The lowest BCUT2D eigenvalue weighted by atomic mass is 10.2. The minimum atomic E-state index is -4.41. The number of aromatic nitrogens is 1. The van der Waals surface area contributed by atoms with Crippen molar-refractivity contribution in [2.24, 2.45) is 0 Å². The fraction of sp³-hybridized carbons (Fsp3) is 0.357. The smallest absolute Gasteiger partial charge is 0.312 e. The molecule has 0 radical (unpaired) electrons. The molecule has 20 heavy (non-hydrogen) atoms. The van der Waals surface area contributed by atoms with Crippen LogP contribution in [0.1, 0.15) is 23.1 Å². The molecule has 0 atom stereocenters. The molecule has 0 aliphatic carbocycles. The molecular formula is C14H15F3N2S. The number of halogens is 3. The summed E-state index contributed by atoms with van der Waals surface area (Å²) in [5.41, 5.74) is 1.00. The first-order chi connectivity index (χ1) is 9.41. The fourth-order valence-corrected chi connectivity index (χ4v) is 2.81. The normalized spacial score (nSPS) is 11.8. The lowest BCUT2D eigenvalue weighted by Crippen LogP contribution is -2.15. The molecular weight excluding hydrogens is 285 g/mol. The van der Waals surface area contributed by atoms with E-state index in [1.165, 1.54) is 0 Å². The van der Waals surface area contributed by atoms with E-state index >= 15 is 0 Å². The molecule has 2 aromatic rings. The van der Waals surface area contributed by atoms with Crippen molar-refractivity contribution in [2.75, 3.05) is 6.54 Å². The van der Waals surface area contributed by atoms with Crippen LogP contribution in [-0.2, 0) is 12.7 Å². The number of rotatable bonds is 4. The highest BCUT2D eigenvalue weighted by Gasteiger charge is 2.37. The van der Waals surface area contributed by atoms with Crippen molar-refractivity contribution >= 4 is 11.3 Å². The zero-order valence-electron chi connectivity index (χ0n) is 11.2. The van der Waals surface area contributed by atoms with Crippen LogP contribution in [-0.4, -0.2) is 11.5 Å². The monoisotopic (exact) mass is 300 g/mol. The van der Waals surface area contributed by atoms with E-state index in [-0.39, 0.29) is 11.4 Å². The van der Waals surface area contributed by atoms with E-state index in [9.17, 15) is 13.2 Å². The Hall–Kier alpha value is -1.40. The Balaban J connectivity index is 2.40. The zero-order chi connectivity index (χ0) is 14.8. The molecule has 1 heterocycles. The van der Waals surface area contributed by atoms with Crippen LogP contribution in [0.5, 0.6) is 0 Å². The van der Waals surface area contributed by atoms with Gasteiger partial charge in [0.1, 0.15) is 5.01 Å². The van der Waals surface area contributed by atoms with Crippen LogP contribution in [0.2, 0.25) is 0 Å². The van der Waals surface area contributed by atoms with Crippen molar-refractivity contribution in [3.05, 3.63) is 40.4 Å². The predicted molar refractivity (Wildman–Crippen MR) is 74.7 cm³/mol. The van der Waals surface area contributed by atoms with Gasteiger partial charge in [-0.15, -0.1) is 11.3 Å². The van der Waals surface area contributed by atoms with Gasteiger partial charge in [-0.25, -0.2) is 4.98 Å². The molecule has 0 saturated heterocycles. The van der Waals surface area contributed by atoms with E-state index in [0.29, 0.717) is 17.1 Å². The van der Waals surface area contributed by atoms with Crippen LogP contribution < -0.4 is 5.32 Å². The second-order valence-corrected chi connectivity index (χ2v) is 5.52. The third-order valence-corrected chi connectivity index (χ3v) is 3.90. The van der Waals surface area contributed by atoms with Crippen LogP contribution in [0.15, 0.2) is 24.3 Å². The molecule has 1 aromatic carbocycles. The first kappa shape index (κ1) is 15.0. The third kappa shape index (κ3) is 3.37.